The lowest BCUT2D eigenvalue weighted by atomic mass is 9.79. The Morgan fingerprint density at radius 2 is 0.515 bits per heavy atom. The first kappa shape index (κ1) is 39.3. The monoisotopic (exact) mass is 847 g/mol. The van der Waals surface area contributed by atoms with Crippen LogP contribution in [0.25, 0.3) is 89.1 Å². The van der Waals surface area contributed by atoms with Crippen molar-refractivity contribution in [2.75, 3.05) is 0 Å². The highest BCUT2D eigenvalue weighted by atomic mass is 14.7. The Morgan fingerprint density at radius 3 is 0.909 bits per heavy atom. The molecular formula is C65H53N. The molecule has 0 aliphatic heterocycles. The molecule has 0 bridgehead atoms. The van der Waals surface area contributed by atoms with Crippen molar-refractivity contribution in [1.82, 2.24) is 4.98 Å². The quantitative estimate of drug-likeness (QED) is 0.172. The van der Waals surface area contributed by atoms with Crippen LogP contribution < -0.4 is 0 Å². The minimum absolute atomic E-state index is 0.0253. The van der Waals surface area contributed by atoms with Crippen molar-refractivity contribution in [3.63, 3.8) is 0 Å². The van der Waals surface area contributed by atoms with Gasteiger partial charge in [0.1, 0.15) is 0 Å². The van der Waals surface area contributed by atoms with Crippen molar-refractivity contribution < 1.29 is 0 Å². The molecule has 13 rings (SSSR count). The largest absolute Gasteiger partial charge is 0.256 e. The summed E-state index contributed by atoms with van der Waals surface area (Å²) in [6, 6.07) is 64.8. The Hall–Kier alpha value is -7.09. The van der Waals surface area contributed by atoms with Gasteiger partial charge in [-0.3, -0.25) is 4.98 Å². The molecule has 0 unspecified atom stereocenters. The first-order valence-corrected chi connectivity index (χ1v) is 23.8. The molecule has 0 saturated carbocycles. The van der Waals surface area contributed by atoms with Crippen LogP contribution in [0, 0.1) is 0 Å². The zero-order chi connectivity index (χ0) is 45.1. The third-order valence-electron chi connectivity index (χ3n) is 16.6. The molecular weight excluding hydrogens is 795 g/mol. The van der Waals surface area contributed by atoms with Crippen LogP contribution >= 0.6 is 0 Å². The molecule has 1 heteroatoms. The third kappa shape index (κ3) is 5.26. The number of fused-ring (bicyclic) bond motifs is 12. The van der Waals surface area contributed by atoms with Crippen molar-refractivity contribution in [3.8, 4) is 89.1 Å². The molecule has 66 heavy (non-hydrogen) atoms. The van der Waals surface area contributed by atoms with Crippen LogP contribution in [0.2, 0.25) is 0 Å². The van der Waals surface area contributed by atoms with Crippen LogP contribution in [0.15, 0.2) is 176 Å². The zero-order valence-corrected chi connectivity index (χ0v) is 39.2. The van der Waals surface area contributed by atoms with Crippen LogP contribution in [0.5, 0.6) is 0 Å². The maximum Gasteiger partial charge on any atom is 0.0780 e. The van der Waals surface area contributed by atoms with Crippen LogP contribution in [0.1, 0.15) is 99.9 Å². The number of pyridine rings is 1. The van der Waals surface area contributed by atoms with Gasteiger partial charge in [-0.15, -0.1) is 0 Å². The molecule has 1 heterocycles. The Kier molecular flexibility index (Phi) is 7.90. The molecule has 318 valence electrons. The SMILES string of the molecule is CC1(C)c2ccccc2-c2ccc(-c3ccc4c(c3)C(C)(C)c3cc(-c5ccc6c(c5)C(C)(C)c5cc(-c7ncccc7-c7ccc8c(c7)C(C)(C)c7ccccc7-8)ccc5-6)ccc3-4)cc21. The zero-order valence-electron chi connectivity index (χ0n) is 39.2. The summed E-state index contributed by atoms with van der Waals surface area (Å²) >= 11 is 0. The standard InChI is InChI=1S/C65H53N/c1-62(2)53-17-11-9-14-45(53)47-25-19-38(32-55(47)62)39-20-26-49-50-27-21-40(34-57(50)64(5,6)56(49)33-39)41-22-28-51-52-30-24-43(37-60(52)65(7,8)58(51)35-41)61-44(16-13-31-66-61)42-23-29-48-46-15-10-12-18-54(46)63(3,4)59(48)36-42/h9-37H,1-8H3. The molecule has 0 fully saturated rings. The second-order valence-corrected chi connectivity index (χ2v) is 21.6. The normalized spacial score (nSPS) is 16.4. The molecule has 0 spiro atoms. The second-order valence-electron chi connectivity index (χ2n) is 21.6. The number of hydrogen-bond donors (Lipinski definition) is 0. The molecule has 0 amide bonds. The van der Waals surface area contributed by atoms with Gasteiger partial charge in [0.05, 0.1) is 5.69 Å². The third-order valence-corrected chi connectivity index (χ3v) is 16.6. The molecule has 0 radical (unpaired) electrons. The van der Waals surface area contributed by atoms with E-state index in [0.29, 0.717) is 0 Å². The number of aromatic nitrogens is 1. The Morgan fingerprint density at radius 1 is 0.242 bits per heavy atom. The molecule has 0 saturated heterocycles. The van der Waals surface area contributed by atoms with E-state index in [9.17, 15) is 0 Å². The Labute approximate surface area is 389 Å². The van der Waals surface area contributed by atoms with E-state index < -0.39 is 0 Å². The van der Waals surface area contributed by atoms with Gasteiger partial charge in [0.25, 0.3) is 0 Å². The maximum atomic E-state index is 5.07. The van der Waals surface area contributed by atoms with Crippen molar-refractivity contribution in [2.24, 2.45) is 0 Å². The lowest BCUT2D eigenvalue weighted by molar-refractivity contribution is 0.659. The fraction of sp³-hybridized carbons (Fsp3) is 0.185. The van der Waals surface area contributed by atoms with Gasteiger partial charge in [-0.2, -0.15) is 0 Å². The maximum absolute atomic E-state index is 5.07. The van der Waals surface area contributed by atoms with E-state index in [0.717, 1.165) is 11.3 Å². The molecule has 4 aliphatic carbocycles. The van der Waals surface area contributed by atoms with Crippen molar-refractivity contribution in [2.45, 2.75) is 77.0 Å². The highest BCUT2D eigenvalue weighted by molar-refractivity contribution is 5.92. The van der Waals surface area contributed by atoms with Gasteiger partial charge in [0.2, 0.25) is 0 Å². The van der Waals surface area contributed by atoms with E-state index in [1.165, 1.54) is 122 Å². The Balaban J connectivity index is 0.815. The lowest BCUT2D eigenvalue weighted by Gasteiger charge is -2.24. The van der Waals surface area contributed by atoms with Crippen LogP contribution in [-0.4, -0.2) is 4.98 Å². The Bertz CT molecular complexity index is 3590. The topological polar surface area (TPSA) is 12.9 Å². The van der Waals surface area contributed by atoms with Gasteiger partial charge >= 0.3 is 0 Å². The van der Waals surface area contributed by atoms with Gasteiger partial charge in [0, 0.05) is 39.0 Å². The summed E-state index contributed by atoms with van der Waals surface area (Å²) in [5, 5.41) is 0. The summed E-state index contributed by atoms with van der Waals surface area (Å²) in [4.78, 5) is 5.07. The van der Waals surface area contributed by atoms with E-state index in [4.69, 9.17) is 4.98 Å². The van der Waals surface area contributed by atoms with E-state index in [1.54, 1.807) is 0 Å². The van der Waals surface area contributed by atoms with Crippen LogP contribution in [0.3, 0.4) is 0 Å². The van der Waals surface area contributed by atoms with Crippen molar-refractivity contribution in [3.05, 3.63) is 221 Å². The average molecular weight is 848 g/mol. The first-order valence-electron chi connectivity index (χ1n) is 23.8. The average Bonchev–Trinajstić information content (AvgIpc) is 3.90. The van der Waals surface area contributed by atoms with Crippen LogP contribution in [0.4, 0.5) is 0 Å². The predicted molar refractivity (Wildman–Crippen MR) is 276 cm³/mol. The summed E-state index contributed by atoms with van der Waals surface area (Å²) in [5.74, 6) is 0. The molecule has 0 atom stereocenters. The minimum Gasteiger partial charge on any atom is -0.256 e. The predicted octanol–water partition coefficient (Wildman–Crippen LogP) is 17.0. The summed E-state index contributed by atoms with van der Waals surface area (Å²) < 4.78 is 0. The minimum atomic E-state index is -0.187. The summed E-state index contributed by atoms with van der Waals surface area (Å²) in [5.41, 5.74) is 31.1. The second kappa shape index (κ2) is 13.3. The van der Waals surface area contributed by atoms with Gasteiger partial charge < -0.3 is 0 Å². The number of benzene rings is 8. The van der Waals surface area contributed by atoms with Crippen molar-refractivity contribution >= 4 is 0 Å². The number of rotatable bonds is 4. The summed E-state index contributed by atoms with van der Waals surface area (Å²) in [7, 11) is 0. The van der Waals surface area contributed by atoms with Crippen LogP contribution in [-0.2, 0) is 21.7 Å². The van der Waals surface area contributed by atoms with E-state index in [1.807, 2.05) is 6.20 Å². The molecule has 1 aromatic heterocycles. The van der Waals surface area contributed by atoms with Gasteiger partial charge in [-0.05, 0) is 159 Å². The number of nitrogens with zero attached hydrogens (tertiary/aromatic N) is 1. The number of hydrogen-bond acceptors (Lipinski definition) is 1. The van der Waals surface area contributed by atoms with E-state index in [2.05, 4.69) is 225 Å². The van der Waals surface area contributed by atoms with Crippen molar-refractivity contribution in [1.29, 1.82) is 0 Å². The fourth-order valence-electron chi connectivity index (χ4n) is 12.8. The summed E-state index contributed by atoms with van der Waals surface area (Å²) in [6.07, 6.45) is 1.94. The van der Waals surface area contributed by atoms with Gasteiger partial charge in [-0.25, -0.2) is 0 Å². The van der Waals surface area contributed by atoms with E-state index in [-0.39, 0.29) is 21.7 Å². The molecule has 8 aromatic carbocycles. The molecule has 4 aliphatic rings. The summed E-state index contributed by atoms with van der Waals surface area (Å²) in [6.45, 7) is 19.0. The fourth-order valence-corrected chi connectivity index (χ4v) is 12.8. The highest BCUT2D eigenvalue weighted by Gasteiger charge is 2.40. The molecule has 0 N–H and O–H groups in total. The smallest absolute Gasteiger partial charge is 0.0780 e. The van der Waals surface area contributed by atoms with Gasteiger partial charge in [-0.1, -0.05) is 183 Å². The highest BCUT2D eigenvalue weighted by Crippen LogP contribution is 2.55. The van der Waals surface area contributed by atoms with Gasteiger partial charge in [0.15, 0.2) is 0 Å². The molecule has 1 nitrogen and oxygen atoms in total. The first-order chi connectivity index (χ1) is 31.7. The van der Waals surface area contributed by atoms with E-state index >= 15 is 0 Å². The lowest BCUT2D eigenvalue weighted by Crippen LogP contribution is -2.16. The molecule has 9 aromatic rings.